The van der Waals surface area contributed by atoms with Crippen molar-refractivity contribution in [3.63, 3.8) is 0 Å². The summed E-state index contributed by atoms with van der Waals surface area (Å²) in [6.07, 6.45) is 5.98. The first-order valence-electron chi connectivity index (χ1n) is 9.87. The second-order valence-electron chi connectivity index (χ2n) is 8.41. The molecule has 1 aliphatic heterocycles. The minimum Gasteiger partial charge on any atom is -0.396 e. The predicted octanol–water partition coefficient (Wildman–Crippen LogP) is 2.86. The zero-order valence-corrected chi connectivity index (χ0v) is 16.2. The van der Waals surface area contributed by atoms with Crippen molar-refractivity contribution in [1.29, 1.82) is 0 Å². The Balaban J connectivity index is 1.66. The Labute approximate surface area is 153 Å². The third kappa shape index (κ3) is 4.18. The molecule has 2 atom stereocenters. The molecule has 0 aromatic heterocycles. The van der Waals surface area contributed by atoms with Crippen LogP contribution in [0.3, 0.4) is 0 Å². The predicted molar refractivity (Wildman–Crippen MR) is 105 cm³/mol. The number of hydrogen-bond donors (Lipinski definition) is 2. The smallest absolute Gasteiger partial charge is 0.0499 e. The van der Waals surface area contributed by atoms with E-state index >= 15 is 0 Å². The van der Waals surface area contributed by atoms with Gasteiger partial charge in [0.05, 0.1) is 0 Å². The molecule has 0 bridgehead atoms. The van der Waals surface area contributed by atoms with Crippen molar-refractivity contribution in [3.05, 3.63) is 29.8 Å². The number of aliphatic hydroxyl groups excluding tert-OH is 1. The molecule has 0 amide bonds. The fraction of sp³-hybridized carbons (Fsp3) is 0.714. The van der Waals surface area contributed by atoms with Crippen molar-refractivity contribution >= 4 is 5.69 Å². The van der Waals surface area contributed by atoms with Crippen LogP contribution in [0.15, 0.2) is 24.3 Å². The molecule has 1 saturated heterocycles. The lowest BCUT2D eigenvalue weighted by Gasteiger charge is -2.37. The summed E-state index contributed by atoms with van der Waals surface area (Å²) in [6.45, 7) is 5.75. The fourth-order valence-corrected chi connectivity index (χ4v) is 4.59. The van der Waals surface area contributed by atoms with Crippen LogP contribution in [0.2, 0.25) is 0 Å². The lowest BCUT2D eigenvalue weighted by atomic mass is 9.85. The number of aliphatic hydroxyl groups is 1. The zero-order chi connectivity index (χ0) is 17.9. The molecule has 2 fully saturated rings. The first-order chi connectivity index (χ1) is 12.0. The van der Waals surface area contributed by atoms with E-state index < -0.39 is 0 Å². The van der Waals surface area contributed by atoms with E-state index in [1.807, 2.05) is 0 Å². The molecule has 1 heterocycles. The minimum atomic E-state index is 0.0365. The van der Waals surface area contributed by atoms with E-state index in [0.29, 0.717) is 12.1 Å². The van der Waals surface area contributed by atoms with Crippen LogP contribution in [0.5, 0.6) is 0 Å². The number of hydrogen-bond acceptors (Lipinski definition) is 4. The molecule has 25 heavy (non-hydrogen) atoms. The van der Waals surface area contributed by atoms with Crippen molar-refractivity contribution in [2.45, 2.75) is 57.7 Å². The van der Waals surface area contributed by atoms with Crippen LogP contribution in [0.25, 0.3) is 0 Å². The summed E-state index contributed by atoms with van der Waals surface area (Å²) in [5, 5.41) is 13.5. The quantitative estimate of drug-likeness (QED) is 0.832. The number of nitrogens with one attached hydrogen (secondary N) is 1. The maximum atomic E-state index is 9.78. The van der Waals surface area contributed by atoms with E-state index in [1.54, 1.807) is 0 Å². The van der Waals surface area contributed by atoms with Crippen LogP contribution in [0.1, 0.15) is 44.6 Å². The third-order valence-electron chi connectivity index (χ3n) is 6.59. The number of rotatable bonds is 6. The molecular formula is C21H35N3O. The molecule has 4 heteroatoms. The van der Waals surface area contributed by atoms with Crippen molar-refractivity contribution in [3.8, 4) is 0 Å². The summed E-state index contributed by atoms with van der Waals surface area (Å²) in [6, 6.07) is 9.85. The maximum Gasteiger partial charge on any atom is 0.0499 e. The standard InChI is InChI=1S/C21H35N3O/c1-21(16-25)12-6-9-20(21)22-15-17-7-4-5-8-19(17)24(3)18-10-13-23(2)14-11-18/h4-5,7-8,18,20,22,25H,6,9-16H2,1-3H3. The molecule has 1 aromatic carbocycles. The summed E-state index contributed by atoms with van der Waals surface area (Å²) in [7, 11) is 4.47. The molecular weight excluding hydrogens is 310 g/mol. The fourth-order valence-electron chi connectivity index (χ4n) is 4.59. The van der Waals surface area contributed by atoms with E-state index in [4.69, 9.17) is 0 Å². The van der Waals surface area contributed by atoms with E-state index in [9.17, 15) is 5.11 Å². The van der Waals surface area contributed by atoms with Gasteiger partial charge in [0.15, 0.2) is 0 Å². The van der Waals surface area contributed by atoms with Crippen molar-refractivity contribution in [2.24, 2.45) is 5.41 Å². The van der Waals surface area contributed by atoms with Gasteiger partial charge in [-0.3, -0.25) is 0 Å². The maximum absolute atomic E-state index is 9.78. The van der Waals surface area contributed by atoms with E-state index in [-0.39, 0.29) is 12.0 Å². The van der Waals surface area contributed by atoms with Crippen molar-refractivity contribution < 1.29 is 5.11 Å². The number of benzene rings is 1. The molecule has 0 spiro atoms. The molecule has 1 aromatic rings. The van der Waals surface area contributed by atoms with Gasteiger partial charge in [-0.25, -0.2) is 0 Å². The van der Waals surface area contributed by atoms with Crippen LogP contribution in [0, 0.1) is 5.41 Å². The first-order valence-corrected chi connectivity index (χ1v) is 9.87. The minimum absolute atomic E-state index is 0.0365. The highest BCUT2D eigenvalue weighted by molar-refractivity contribution is 5.54. The molecule has 1 saturated carbocycles. The first kappa shape index (κ1) is 18.7. The molecule has 4 nitrogen and oxygen atoms in total. The molecule has 2 unspecified atom stereocenters. The van der Waals surface area contributed by atoms with E-state index in [2.05, 4.69) is 60.4 Å². The Morgan fingerprint density at radius 3 is 2.68 bits per heavy atom. The number of nitrogens with zero attached hydrogens (tertiary/aromatic N) is 2. The highest BCUT2D eigenvalue weighted by atomic mass is 16.3. The van der Waals surface area contributed by atoms with Gasteiger partial charge >= 0.3 is 0 Å². The molecule has 2 N–H and O–H groups in total. The van der Waals surface area contributed by atoms with Crippen LogP contribution >= 0.6 is 0 Å². The van der Waals surface area contributed by atoms with Gasteiger partial charge in [-0.05, 0) is 57.5 Å². The number of piperidine rings is 1. The Morgan fingerprint density at radius 1 is 1.24 bits per heavy atom. The van der Waals surface area contributed by atoms with Gasteiger partial charge in [-0.2, -0.15) is 0 Å². The average molecular weight is 346 g/mol. The Morgan fingerprint density at radius 2 is 1.96 bits per heavy atom. The lowest BCUT2D eigenvalue weighted by molar-refractivity contribution is 0.118. The third-order valence-corrected chi connectivity index (χ3v) is 6.59. The van der Waals surface area contributed by atoms with E-state index in [1.165, 1.54) is 50.0 Å². The molecule has 0 radical (unpaired) electrons. The summed E-state index contributed by atoms with van der Waals surface area (Å²) in [5.74, 6) is 0. The van der Waals surface area contributed by atoms with Crippen LogP contribution in [0.4, 0.5) is 5.69 Å². The van der Waals surface area contributed by atoms with E-state index in [0.717, 1.165) is 13.0 Å². The molecule has 2 aliphatic rings. The number of anilines is 1. The van der Waals surface area contributed by atoms with Gasteiger partial charge in [-0.1, -0.05) is 31.5 Å². The van der Waals surface area contributed by atoms with Crippen LogP contribution in [-0.4, -0.2) is 55.9 Å². The zero-order valence-electron chi connectivity index (χ0n) is 16.2. The second-order valence-corrected chi connectivity index (χ2v) is 8.41. The van der Waals surface area contributed by atoms with Gasteiger partial charge in [-0.15, -0.1) is 0 Å². The summed E-state index contributed by atoms with van der Waals surface area (Å²) in [4.78, 5) is 4.91. The largest absolute Gasteiger partial charge is 0.396 e. The Hall–Kier alpha value is -1.10. The molecule has 1 aliphatic carbocycles. The topological polar surface area (TPSA) is 38.7 Å². The summed E-state index contributed by atoms with van der Waals surface area (Å²) >= 11 is 0. The molecule has 140 valence electrons. The normalized spacial score (nSPS) is 28.4. The van der Waals surface area contributed by atoms with Gasteiger partial charge in [0.1, 0.15) is 0 Å². The monoisotopic (exact) mass is 345 g/mol. The van der Waals surface area contributed by atoms with Gasteiger partial charge in [0.25, 0.3) is 0 Å². The van der Waals surface area contributed by atoms with Crippen LogP contribution < -0.4 is 10.2 Å². The summed E-state index contributed by atoms with van der Waals surface area (Å²) in [5.41, 5.74) is 2.76. The van der Waals surface area contributed by atoms with Crippen molar-refractivity contribution in [1.82, 2.24) is 10.2 Å². The number of para-hydroxylation sites is 1. The van der Waals surface area contributed by atoms with Crippen molar-refractivity contribution in [2.75, 3.05) is 38.7 Å². The lowest BCUT2D eigenvalue weighted by Crippen LogP contribution is -2.43. The average Bonchev–Trinajstić information content (AvgIpc) is 3.01. The summed E-state index contributed by atoms with van der Waals surface area (Å²) < 4.78 is 0. The van der Waals surface area contributed by atoms with Crippen LogP contribution in [-0.2, 0) is 6.54 Å². The van der Waals surface area contributed by atoms with Gasteiger partial charge in [0.2, 0.25) is 0 Å². The molecule has 3 rings (SSSR count). The second kappa shape index (κ2) is 8.07. The highest BCUT2D eigenvalue weighted by Crippen LogP contribution is 2.37. The SMILES string of the molecule is CN1CCC(N(C)c2ccccc2CNC2CCCC2(C)CO)CC1. The Kier molecular flexibility index (Phi) is 6.03. The van der Waals surface area contributed by atoms with Gasteiger partial charge < -0.3 is 20.2 Å². The number of likely N-dealkylation sites (tertiary alicyclic amines) is 1. The highest BCUT2D eigenvalue weighted by Gasteiger charge is 2.37. The Bertz CT molecular complexity index is 556. The van der Waals surface area contributed by atoms with Gasteiger partial charge in [0, 0.05) is 43.4 Å².